The molecule has 1 aromatic heterocycles. The molecule has 0 atom stereocenters. The van der Waals surface area contributed by atoms with E-state index in [9.17, 15) is 4.79 Å². The molecule has 1 fully saturated rings. The molecular formula is C11H18BrN3OS. The Morgan fingerprint density at radius 2 is 2.24 bits per heavy atom. The highest BCUT2D eigenvalue weighted by molar-refractivity contribution is 9.09. The van der Waals surface area contributed by atoms with Gasteiger partial charge in [-0.2, -0.15) is 0 Å². The second-order valence-corrected chi connectivity index (χ2v) is 6.19. The van der Waals surface area contributed by atoms with E-state index < -0.39 is 0 Å². The Hall–Kier alpha value is -0.230. The SMILES string of the molecule is CCn1c(SCC2(CBr)CCCC2)n[nH]c1=O. The number of rotatable bonds is 5. The minimum atomic E-state index is -0.102. The van der Waals surface area contributed by atoms with Gasteiger partial charge in [0, 0.05) is 17.6 Å². The fourth-order valence-electron chi connectivity index (χ4n) is 2.35. The second-order valence-electron chi connectivity index (χ2n) is 4.69. The zero-order valence-corrected chi connectivity index (χ0v) is 12.4. The van der Waals surface area contributed by atoms with E-state index in [4.69, 9.17) is 0 Å². The smallest absolute Gasteiger partial charge is 0.270 e. The molecule has 1 saturated carbocycles. The van der Waals surface area contributed by atoms with Gasteiger partial charge in [0.05, 0.1) is 0 Å². The molecule has 1 N–H and O–H groups in total. The first-order valence-electron chi connectivity index (χ1n) is 6.05. The number of H-pyrrole nitrogens is 1. The van der Waals surface area contributed by atoms with Crippen molar-refractivity contribution >= 4 is 27.7 Å². The van der Waals surface area contributed by atoms with Gasteiger partial charge < -0.3 is 0 Å². The lowest BCUT2D eigenvalue weighted by molar-refractivity contribution is 0.405. The molecule has 0 amide bonds. The highest BCUT2D eigenvalue weighted by Gasteiger charge is 2.33. The maximum Gasteiger partial charge on any atom is 0.343 e. The Labute approximate surface area is 114 Å². The van der Waals surface area contributed by atoms with Crippen molar-refractivity contribution in [1.82, 2.24) is 14.8 Å². The van der Waals surface area contributed by atoms with E-state index in [1.54, 1.807) is 16.3 Å². The Morgan fingerprint density at radius 1 is 1.53 bits per heavy atom. The van der Waals surface area contributed by atoms with Gasteiger partial charge in [-0.1, -0.05) is 40.5 Å². The van der Waals surface area contributed by atoms with E-state index >= 15 is 0 Å². The summed E-state index contributed by atoms with van der Waals surface area (Å²) in [6, 6.07) is 0. The van der Waals surface area contributed by atoms with Gasteiger partial charge in [0.1, 0.15) is 0 Å². The molecule has 0 spiro atoms. The van der Waals surface area contributed by atoms with E-state index in [0.29, 0.717) is 12.0 Å². The van der Waals surface area contributed by atoms with Gasteiger partial charge in [-0.15, -0.1) is 5.10 Å². The summed E-state index contributed by atoms with van der Waals surface area (Å²) in [5.41, 5.74) is 0.299. The maximum absolute atomic E-state index is 11.4. The second kappa shape index (κ2) is 5.61. The van der Waals surface area contributed by atoms with E-state index in [0.717, 1.165) is 16.2 Å². The number of thioether (sulfide) groups is 1. The van der Waals surface area contributed by atoms with Crippen molar-refractivity contribution in [1.29, 1.82) is 0 Å². The Bertz CT molecular complexity index is 423. The molecule has 1 aliphatic rings. The number of aromatic amines is 1. The van der Waals surface area contributed by atoms with Crippen molar-refractivity contribution in [3.8, 4) is 0 Å². The van der Waals surface area contributed by atoms with Crippen molar-refractivity contribution in [2.75, 3.05) is 11.1 Å². The number of halogens is 1. The summed E-state index contributed by atoms with van der Waals surface area (Å²) in [5.74, 6) is 1.04. The van der Waals surface area contributed by atoms with Crippen LogP contribution in [-0.2, 0) is 6.54 Å². The van der Waals surface area contributed by atoms with Gasteiger partial charge >= 0.3 is 5.69 Å². The quantitative estimate of drug-likeness (QED) is 0.670. The average Bonchev–Trinajstić information content (AvgIpc) is 2.94. The molecule has 4 nitrogen and oxygen atoms in total. The van der Waals surface area contributed by atoms with Gasteiger partial charge in [0.15, 0.2) is 5.16 Å². The Kier molecular flexibility index (Phi) is 4.36. The molecule has 1 aliphatic carbocycles. The van der Waals surface area contributed by atoms with Crippen molar-refractivity contribution in [2.45, 2.75) is 44.3 Å². The number of nitrogens with zero attached hydrogens (tertiary/aromatic N) is 2. The van der Waals surface area contributed by atoms with Crippen LogP contribution in [0.5, 0.6) is 0 Å². The molecule has 1 heterocycles. The lowest BCUT2D eigenvalue weighted by atomic mass is 9.92. The van der Waals surface area contributed by atoms with Crippen LogP contribution in [0.2, 0.25) is 0 Å². The molecule has 0 radical (unpaired) electrons. The Morgan fingerprint density at radius 3 is 2.82 bits per heavy atom. The predicted octanol–water partition coefficient (Wildman–Crippen LogP) is 2.64. The summed E-state index contributed by atoms with van der Waals surface area (Å²) in [6.45, 7) is 2.65. The molecule has 0 aromatic carbocycles. The highest BCUT2D eigenvalue weighted by Crippen LogP contribution is 2.43. The van der Waals surface area contributed by atoms with Crippen molar-refractivity contribution in [3.05, 3.63) is 10.5 Å². The zero-order valence-electron chi connectivity index (χ0n) is 10.0. The molecule has 0 saturated heterocycles. The topological polar surface area (TPSA) is 50.7 Å². The molecule has 0 unspecified atom stereocenters. The average molecular weight is 320 g/mol. The fraction of sp³-hybridized carbons (Fsp3) is 0.818. The fourth-order valence-corrected chi connectivity index (χ4v) is 4.68. The van der Waals surface area contributed by atoms with Crippen LogP contribution in [0.4, 0.5) is 0 Å². The van der Waals surface area contributed by atoms with Crippen LogP contribution < -0.4 is 5.69 Å². The maximum atomic E-state index is 11.4. The normalized spacial score (nSPS) is 18.7. The minimum Gasteiger partial charge on any atom is -0.270 e. The molecule has 0 aliphatic heterocycles. The van der Waals surface area contributed by atoms with Crippen LogP contribution in [-0.4, -0.2) is 25.8 Å². The third kappa shape index (κ3) is 2.78. The van der Waals surface area contributed by atoms with Crippen LogP contribution >= 0.6 is 27.7 Å². The third-order valence-corrected chi connectivity index (χ3v) is 6.01. The number of alkyl halides is 1. The molecule has 2 rings (SSSR count). The van der Waals surface area contributed by atoms with E-state index in [1.807, 2.05) is 6.92 Å². The number of nitrogens with one attached hydrogen (secondary N) is 1. The monoisotopic (exact) mass is 319 g/mol. The van der Waals surface area contributed by atoms with Gasteiger partial charge in [0.25, 0.3) is 0 Å². The van der Waals surface area contributed by atoms with Crippen molar-refractivity contribution in [2.24, 2.45) is 5.41 Å². The molecule has 17 heavy (non-hydrogen) atoms. The molecule has 6 heteroatoms. The lowest BCUT2D eigenvalue weighted by Crippen LogP contribution is -2.22. The lowest BCUT2D eigenvalue weighted by Gasteiger charge is -2.25. The van der Waals surface area contributed by atoms with E-state index in [1.165, 1.54) is 25.7 Å². The third-order valence-electron chi connectivity index (χ3n) is 3.49. The summed E-state index contributed by atoms with van der Waals surface area (Å²) in [7, 11) is 0. The van der Waals surface area contributed by atoms with Gasteiger partial charge in [-0.3, -0.25) is 4.57 Å². The number of aromatic nitrogens is 3. The van der Waals surface area contributed by atoms with Crippen LogP contribution in [0.1, 0.15) is 32.6 Å². The van der Waals surface area contributed by atoms with Crippen LogP contribution in [0, 0.1) is 5.41 Å². The summed E-state index contributed by atoms with van der Waals surface area (Å²) in [5, 5.41) is 8.48. The minimum absolute atomic E-state index is 0.102. The van der Waals surface area contributed by atoms with Crippen LogP contribution in [0.25, 0.3) is 0 Å². The summed E-state index contributed by atoms with van der Waals surface area (Å²) in [4.78, 5) is 11.4. The predicted molar refractivity (Wildman–Crippen MR) is 73.9 cm³/mol. The zero-order chi connectivity index (χ0) is 12.3. The largest absolute Gasteiger partial charge is 0.343 e. The van der Waals surface area contributed by atoms with E-state index in [2.05, 4.69) is 26.1 Å². The first-order chi connectivity index (χ1) is 8.21. The molecule has 0 bridgehead atoms. The standard InChI is InChI=1S/C11H18BrN3OS/c1-2-15-9(16)13-14-10(15)17-8-11(7-12)5-3-4-6-11/h2-8H2,1H3,(H,13,16). The molecular weight excluding hydrogens is 302 g/mol. The first-order valence-corrected chi connectivity index (χ1v) is 8.15. The van der Waals surface area contributed by atoms with E-state index in [-0.39, 0.29) is 5.69 Å². The summed E-state index contributed by atoms with van der Waals surface area (Å²) >= 11 is 5.34. The first kappa shape index (κ1) is 13.2. The molecule has 96 valence electrons. The van der Waals surface area contributed by atoms with Crippen molar-refractivity contribution < 1.29 is 0 Å². The van der Waals surface area contributed by atoms with Gasteiger partial charge in [-0.05, 0) is 25.2 Å². The summed E-state index contributed by atoms with van der Waals surface area (Å²) in [6.07, 6.45) is 5.22. The number of hydrogen-bond donors (Lipinski definition) is 1. The van der Waals surface area contributed by atoms with Crippen LogP contribution in [0.15, 0.2) is 9.95 Å². The number of hydrogen-bond acceptors (Lipinski definition) is 3. The highest BCUT2D eigenvalue weighted by atomic mass is 79.9. The Balaban J connectivity index is 2.04. The summed E-state index contributed by atoms with van der Waals surface area (Å²) < 4.78 is 1.70. The van der Waals surface area contributed by atoms with Crippen molar-refractivity contribution in [3.63, 3.8) is 0 Å². The van der Waals surface area contributed by atoms with Gasteiger partial charge in [0.2, 0.25) is 0 Å². The molecule has 1 aromatic rings. The van der Waals surface area contributed by atoms with Gasteiger partial charge in [-0.25, -0.2) is 9.89 Å². The van der Waals surface area contributed by atoms with Crippen LogP contribution in [0.3, 0.4) is 0 Å².